The zero-order valence-electron chi connectivity index (χ0n) is 13.3. The van der Waals surface area contributed by atoms with Crippen molar-refractivity contribution in [3.05, 3.63) is 82.6 Å². The van der Waals surface area contributed by atoms with Crippen molar-refractivity contribution in [2.24, 2.45) is 0 Å². The van der Waals surface area contributed by atoms with Gasteiger partial charge in [0.15, 0.2) is 0 Å². The lowest BCUT2D eigenvalue weighted by Gasteiger charge is -2.11. The molecule has 0 saturated carbocycles. The number of amides is 1. The molecule has 0 aliphatic heterocycles. The van der Waals surface area contributed by atoms with E-state index in [0.717, 1.165) is 0 Å². The molecule has 0 radical (unpaired) electrons. The second kappa shape index (κ2) is 7.26. The third kappa shape index (κ3) is 3.51. The van der Waals surface area contributed by atoms with Crippen LogP contribution >= 0.6 is 11.6 Å². The molecule has 0 saturated heterocycles. The van der Waals surface area contributed by atoms with Crippen LogP contribution in [0.5, 0.6) is 5.75 Å². The van der Waals surface area contributed by atoms with Crippen molar-refractivity contribution in [3.8, 4) is 22.9 Å². The van der Waals surface area contributed by atoms with Gasteiger partial charge in [-0.2, -0.15) is 5.26 Å². The van der Waals surface area contributed by atoms with Gasteiger partial charge in [0.2, 0.25) is 0 Å². The van der Waals surface area contributed by atoms with E-state index in [0.29, 0.717) is 16.8 Å². The van der Waals surface area contributed by atoms with Gasteiger partial charge in [-0.1, -0.05) is 41.9 Å². The fourth-order valence-electron chi connectivity index (χ4n) is 2.48. The Morgan fingerprint density at radius 2 is 1.85 bits per heavy atom. The molecule has 0 atom stereocenters. The van der Waals surface area contributed by atoms with Crippen LogP contribution in [0.2, 0.25) is 5.02 Å². The summed E-state index contributed by atoms with van der Waals surface area (Å²) in [6, 6.07) is 17.4. The monoisotopic (exact) mass is 366 g/mol. The number of anilines is 1. The van der Waals surface area contributed by atoms with E-state index in [1.54, 1.807) is 24.3 Å². The molecule has 0 aliphatic carbocycles. The number of nitriles is 1. The highest BCUT2D eigenvalue weighted by atomic mass is 35.5. The van der Waals surface area contributed by atoms with Gasteiger partial charge in [-0.05, 0) is 35.9 Å². The fraction of sp³-hybridized carbons (Fsp3) is 0. The highest BCUT2D eigenvalue weighted by Gasteiger charge is 2.17. The molecule has 0 spiro atoms. The van der Waals surface area contributed by atoms with Gasteiger partial charge in [0.1, 0.15) is 11.6 Å². The van der Waals surface area contributed by atoms with Crippen molar-refractivity contribution >= 4 is 23.2 Å². The zero-order valence-corrected chi connectivity index (χ0v) is 14.1. The average Bonchev–Trinajstić information content (AvgIpc) is 2.66. The molecule has 128 valence electrons. The topological polar surface area (TPSA) is 73.1 Å². The standard InChI is InChI=1S/C20H12ClFN2O2/c21-17-9-12(11-23)8-16(19(17)25)20(26)24-14-6-7-18(22)15(10-14)13-4-2-1-3-5-13/h1-10,25H,(H,24,26). The maximum absolute atomic E-state index is 14.1. The first-order chi connectivity index (χ1) is 12.5. The molecule has 26 heavy (non-hydrogen) atoms. The molecular formula is C20H12ClFN2O2. The molecule has 0 bridgehead atoms. The SMILES string of the molecule is N#Cc1cc(Cl)c(O)c(C(=O)Nc2ccc(F)c(-c3ccccc3)c2)c1. The number of phenolic OH excluding ortho intramolecular Hbond substituents is 1. The number of benzene rings is 3. The van der Waals surface area contributed by atoms with Crippen LogP contribution in [0.25, 0.3) is 11.1 Å². The third-order valence-corrected chi connectivity index (χ3v) is 4.03. The number of carbonyl (C=O) groups excluding carboxylic acids is 1. The molecule has 4 nitrogen and oxygen atoms in total. The molecule has 2 N–H and O–H groups in total. The molecular weight excluding hydrogens is 355 g/mol. The largest absolute Gasteiger partial charge is 0.506 e. The lowest BCUT2D eigenvalue weighted by molar-refractivity contribution is 0.102. The fourth-order valence-corrected chi connectivity index (χ4v) is 2.70. The number of nitrogens with one attached hydrogen (secondary N) is 1. The molecule has 1 amide bonds. The summed E-state index contributed by atoms with van der Waals surface area (Å²) in [5, 5.41) is 21.4. The second-order valence-electron chi connectivity index (χ2n) is 5.48. The van der Waals surface area contributed by atoms with E-state index in [9.17, 15) is 14.3 Å². The highest BCUT2D eigenvalue weighted by molar-refractivity contribution is 6.33. The number of hydrogen-bond acceptors (Lipinski definition) is 3. The van der Waals surface area contributed by atoms with Crippen molar-refractivity contribution in [1.82, 2.24) is 0 Å². The summed E-state index contributed by atoms with van der Waals surface area (Å²) in [4.78, 5) is 12.5. The third-order valence-electron chi connectivity index (χ3n) is 3.75. The first-order valence-corrected chi connectivity index (χ1v) is 7.96. The summed E-state index contributed by atoms with van der Waals surface area (Å²) >= 11 is 5.84. The lowest BCUT2D eigenvalue weighted by Crippen LogP contribution is -2.12. The van der Waals surface area contributed by atoms with Gasteiger partial charge in [-0.25, -0.2) is 4.39 Å². The first-order valence-electron chi connectivity index (χ1n) is 7.58. The van der Waals surface area contributed by atoms with Crippen LogP contribution in [0.15, 0.2) is 60.7 Å². The van der Waals surface area contributed by atoms with E-state index in [1.807, 2.05) is 12.1 Å². The van der Waals surface area contributed by atoms with Crippen LogP contribution in [0.3, 0.4) is 0 Å². The van der Waals surface area contributed by atoms with Gasteiger partial charge >= 0.3 is 0 Å². The minimum atomic E-state index is -0.660. The van der Waals surface area contributed by atoms with E-state index in [2.05, 4.69) is 5.32 Å². The average molecular weight is 367 g/mol. The smallest absolute Gasteiger partial charge is 0.259 e. The molecule has 0 aromatic heterocycles. The van der Waals surface area contributed by atoms with Crippen molar-refractivity contribution in [1.29, 1.82) is 5.26 Å². The minimum Gasteiger partial charge on any atom is -0.506 e. The Hall–Kier alpha value is -3.36. The molecule has 3 aromatic carbocycles. The predicted molar refractivity (Wildman–Crippen MR) is 97.6 cm³/mol. The van der Waals surface area contributed by atoms with Crippen molar-refractivity contribution < 1.29 is 14.3 Å². The van der Waals surface area contributed by atoms with E-state index >= 15 is 0 Å². The number of aromatic hydroxyl groups is 1. The van der Waals surface area contributed by atoms with E-state index in [-0.39, 0.29) is 16.1 Å². The highest BCUT2D eigenvalue weighted by Crippen LogP contribution is 2.30. The van der Waals surface area contributed by atoms with Gasteiger partial charge in [-0.3, -0.25) is 4.79 Å². The normalized spacial score (nSPS) is 10.2. The van der Waals surface area contributed by atoms with Crippen LogP contribution in [0, 0.1) is 17.1 Å². The minimum absolute atomic E-state index is 0.0988. The molecule has 0 fully saturated rings. The Kier molecular flexibility index (Phi) is 4.87. The number of carbonyl (C=O) groups is 1. The Morgan fingerprint density at radius 1 is 1.12 bits per heavy atom. The van der Waals surface area contributed by atoms with Gasteiger partial charge in [0.25, 0.3) is 5.91 Å². The van der Waals surface area contributed by atoms with Crippen molar-refractivity contribution in [3.63, 3.8) is 0 Å². The summed E-state index contributed by atoms with van der Waals surface area (Å²) in [6.45, 7) is 0. The maximum Gasteiger partial charge on any atom is 0.259 e. The quantitative estimate of drug-likeness (QED) is 0.686. The molecule has 6 heteroatoms. The Morgan fingerprint density at radius 3 is 2.54 bits per heavy atom. The Labute approximate surface area is 154 Å². The summed E-state index contributed by atoms with van der Waals surface area (Å²) < 4.78 is 14.1. The van der Waals surface area contributed by atoms with Crippen molar-refractivity contribution in [2.45, 2.75) is 0 Å². The molecule has 0 heterocycles. The van der Waals surface area contributed by atoms with Crippen LogP contribution in [-0.2, 0) is 0 Å². The number of phenols is 1. The van der Waals surface area contributed by atoms with E-state index in [4.69, 9.17) is 16.9 Å². The zero-order chi connectivity index (χ0) is 18.7. The molecule has 0 unspecified atom stereocenters. The predicted octanol–water partition coefficient (Wildman–Crippen LogP) is 4.98. The van der Waals surface area contributed by atoms with E-state index in [1.165, 1.54) is 30.3 Å². The summed E-state index contributed by atoms with van der Waals surface area (Å²) in [5.41, 5.74) is 1.34. The van der Waals surface area contributed by atoms with Crippen LogP contribution < -0.4 is 5.32 Å². The molecule has 3 rings (SSSR count). The van der Waals surface area contributed by atoms with Gasteiger partial charge in [0, 0.05) is 11.3 Å². The molecule has 3 aromatic rings. The molecule has 0 aliphatic rings. The van der Waals surface area contributed by atoms with Gasteiger partial charge < -0.3 is 10.4 Å². The number of nitrogens with zero attached hydrogens (tertiary/aromatic N) is 1. The Balaban J connectivity index is 1.94. The number of halogens is 2. The lowest BCUT2D eigenvalue weighted by atomic mass is 10.0. The van der Waals surface area contributed by atoms with Crippen LogP contribution in [-0.4, -0.2) is 11.0 Å². The van der Waals surface area contributed by atoms with Gasteiger partial charge in [-0.15, -0.1) is 0 Å². The summed E-state index contributed by atoms with van der Waals surface area (Å²) in [5.74, 6) is -1.51. The van der Waals surface area contributed by atoms with Gasteiger partial charge in [0.05, 0.1) is 22.2 Å². The van der Waals surface area contributed by atoms with Crippen molar-refractivity contribution in [2.75, 3.05) is 5.32 Å². The maximum atomic E-state index is 14.1. The summed E-state index contributed by atoms with van der Waals surface area (Å²) in [7, 11) is 0. The summed E-state index contributed by atoms with van der Waals surface area (Å²) in [6.07, 6.45) is 0. The van der Waals surface area contributed by atoms with Crippen LogP contribution in [0.1, 0.15) is 15.9 Å². The number of rotatable bonds is 3. The van der Waals surface area contributed by atoms with Crippen LogP contribution in [0.4, 0.5) is 10.1 Å². The first kappa shape index (κ1) is 17.5. The second-order valence-corrected chi connectivity index (χ2v) is 5.89. The Bertz CT molecular complexity index is 1030. The van der Waals surface area contributed by atoms with E-state index < -0.39 is 17.5 Å². The number of hydrogen-bond donors (Lipinski definition) is 2.